The Labute approximate surface area is 169 Å². The van der Waals surface area contributed by atoms with Crippen molar-refractivity contribution in [3.05, 3.63) is 10.5 Å². The maximum Gasteiger partial charge on any atom is 0.324 e. The van der Waals surface area contributed by atoms with Crippen LogP contribution in [0.5, 0.6) is 0 Å². The number of carbonyl (C=O) groups excluding carboxylic acids is 1. The molecule has 8 heteroatoms. The number of hydrogen-bond donors (Lipinski definition) is 2. The van der Waals surface area contributed by atoms with Gasteiger partial charge in [-0.25, -0.2) is 9.78 Å². The third-order valence-corrected chi connectivity index (χ3v) is 6.90. The first kappa shape index (κ1) is 20.4. The average molecular weight is 414 g/mol. The molecular formula is C19H28ClN3O3S. The lowest BCUT2D eigenvalue weighted by molar-refractivity contribution is -0.137. The zero-order chi connectivity index (χ0) is 19.2. The number of anilines is 1. The topological polar surface area (TPSA) is 82.5 Å². The summed E-state index contributed by atoms with van der Waals surface area (Å²) in [5, 5.41) is 12.4. The minimum atomic E-state index is -0.720. The number of thiazole rings is 1. The molecule has 2 aliphatic carbocycles. The SMILES string of the molecule is O=C(O)CCC1CCC(N(C(=O)Nc2ncc(Cl)s2)C2CCCCC2)CC1. The lowest BCUT2D eigenvalue weighted by Crippen LogP contribution is -2.51. The zero-order valence-corrected chi connectivity index (χ0v) is 17.1. The number of carboxylic acids is 1. The highest BCUT2D eigenvalue weighted by atomic mass is 35.5. The molecule has 1 aromatic rings. The summed E-state index contributed by atoms with van der Waals surface area (Å²) in [6, 6.07) is 0.446. The molecule has 27 heavy (non-hydrogen) atoms. The number of amides is 2. The second-order valence-electron chi connectivity index (χ2n) is 7.71. The van der Waals surface area contributed by atoms with E-state index in [-0.39, 0.29) is 24.5 Å². The highest BCUT2D eigenvalue weighted by Gasteiger charge is 2.34. The van der Waals surface area contributed by atoms with E-state index < -0.39 is 5.97 Å². The number of aromatic nitrogens is 1. The standard InChI is InChI=1S/C19H28ClN3O3S/c20-16-12-21-18(27-16)22-19(26)23(14-4-2-1-3-5-14)15-9-6-13(7-10-15)8-11-17(24)25/h12-15H,1-11H2,(H,24,25)(H,21,22,26). The Morgan fingerprint density at radius 3 is 2.41 bits per heavy atom. The van der Waals surface area contributed by atoms with E-state index in [4.69, 9.17) is 16.7 Å². The summed E-state index contributed by atoms with van der Waals surface area (Å²) in [6.07, 6.45) is 12.2. The predicted octanol–water partition coefficient (Wildman–Crippen LogP) is 5.39. The number of carbonyl (C=O) groups is 2. The Kier molecular flexibility index (Phi) is 7.35. The minimum absolute atomic E-state index is 0.0677. The Morgan fingerprint density at radius 2 is 1.81 bits per heavy atom. The Hall–Kier alpha value is -1.34. The van der Waals surface area contributed by atoms with E-state index in [2.05, 4.69) is 15.2 Å². The van der Waals surface area contributed by atoms with Gasteiger partial charge in [0.1, 0.15) is 4.34 Å². The van der Waals surface area contributed by atoms with Gasteiger partial charge in [-0.3, -0.25) is 10.1 Å². The molecule has 150 valence electrons. The molecular weight excluding hydrogens is 386 g/mol. The minimum Gasteiger partial charge on any atom is -0.481 e. The number of nitrogens with zero attached hydrogens (tertiary/aromatic N) is 2. The molecule has 0 bridgehead atoms. The number of carboxylic acid groups (broad SMARTS) is 1. The third-order valence-electron chi connectivity index (χ3n) is 5.87. The van der Waals surface area contributed by atoms with Crippen LogP contribution in [0.3, 0.4) is 0 Å². The molecule has 2 fully saturated rings. The van der Waals surface area contributed by atoms with Crippen LogP contribution in [0.1, 0.15) is 70.6 Å². The molecule has 0 aliphatic heterocycles. The fourth-order valence-electron chi connectivity index (χ4n) is 4.50. The van der Waals surface area contributed by atoms with Crippen molar-refractivity contribution in [3.63, 3.8) is 0 Å². The smallest absolute Gasteiger partial charge is 0.324 e. The van der Waals surface area contributed by atoms with Crippen molar-refractivity contribution in [1.29, 1.82) is 0 Å². The fraction of sp³-hybridized carbons (Fsp3) is 0.737. The maximum absolute atomic E-state index is 13.1. The predicted molar refractivity (Wildman–Crippen MR) is 107 cm³/mol. The van der Waals surface area contributed by atoms with Crippen molar-refractivity contribution in [1.82, 2.24) is 9.88 Å². The van der Waals surface area contributed by atoms with Crippen molar-refractivity contribution in [2.45, 2.75) is 82.7 Å². The van der Waals surface area contributed by atoms with Gasteiger partial charge in [-0.05, 0) is 50.9 Å². The van der Waals surface area contributed by atoms with Gasteiger partial charge in [-0.1, -0.05) is 42.2 Å². The summed E-state index contributed by atoms with van der Waals surface area (Å²) in [6.45, 7) is 0. The van der Waals surface area contributed by atoms with Gasteiger partial charge < -0.3 is 10.0 Å². The molecule has 2 saturated carbocycles. The van der Waals surface area contributed by atoms with Crippen molar-refractivity contribution < 1.29 is 14.7 Å². The first-order chi connectivity index (χ1) is 13.0. The van der Waals surface area contributed by atoms with Crippen LogP contribution in [0.4, 0.5) is 9.93 Å². The second kappa shape index (κ2) is 9.73. The lowest BCUT2D eigenvalue weighted by atomic mass is 9.81. The third kappa shape index (κ3) is 5.82. The highest BCUT2D eigenvalue weighted by molar-refractivity contribution is 7.19. The quantitative estimate of drug-likeness (QED) is 0.655. The summed E-state index contributed by atoms with van der Waals surface area (Å²) < 4.78 is 0.563. The zero-order valence-electron chi connectivity index (χ0n) is 15.5. The van der Waals surface area contributed by atoms with Gasteiger partial charge in [-0.15, -0.1) is 0 Å². The van der Waals surface area contributed by atoms with E-state index in [0.29, 0.717) is 15.4 Å². The highest BCUT2D eigenvalue weighted by Crippen LogP contribution is 2.35. The van der Waals surface area contributed by atoms with Crippen molar-refractivity contribution in [2.75, 3.05) is 5.32 Å². The molecule has 1 aromatic heterocycles. The molecule has 0 radical (unpaired) electrons. The van der Waals surface area contributed by atoms with Crippen LogP contribution in [0, 0.1) is 5.92 Å². The molecule has 2 N–H and O–H groups in total. The molecule has 0 aromatic carbocycles. The monoisotopic (exact) mass is 413 g/mol. The van der Waals surface area contributed by atoms with Gasteiger partial charge in [0.25, 0.3) is 0 Å². The summed E-state index contributed by atoms with van der Waals surface area (Å²) in [5.41, 5.74) is 0. The fourth-order valence-corrected chi connectivity index (χ4v) is 5.30. The van der Waals surface area contributed by atoms with E-state index >= 15 is 0 Å². The summed E-state index contributed by atoms with van der Waals surface area (Å²) in [4.78, 5) is 30.1. The first-order valence-electron chi connectivity index (χ1n) is 9.95. The largest absolute Gasteiger partial charge is 0.481 e. The molecule has 0 atom stereocenters. The molecule has 3 rings (SSSR count). The molecule has 0 unspecified atom stereocenters. The van der Waals surface area contributed by atoms with Crippen molar-refractivity contribution in [2.24, 2.45) is 5.92 Å². The first-order valence-corrected chi connectivity index (χ1v) is 11.1. The Morgan fingerprint density at radius 1 is 1.15 bits per heavy atom. The number of urea groups is 1. The normalized spacial score (nSPS) is 23.7. The van der Waals surface area contributed by atoms with Crippen LogP contribution in [0.25, 0.3) is 0 Å². The number of nitrogens with one attached hydrogen (secondary N) is 1. The summed E-state index contributed by atoms with van der Waals surface area (Å²) in [5.74, 6) is -0.256. The van der Waals surface area contributed by atoms with E-state index in [1.54, 1.807) is 6.20 Å². The van der Waals surface area contributed by atoms with Gasteiger partial charge in [0, 0.05) is 18.5 Å². The van der Waals surface area contributed by atoms with Crippen LogP contribution in [-0.4, -0.2) is 39.1 Å². The van der Waals surface area contributed by atoms with E-state index in [1.807, 2.05) is 0 Å². The summed E-state index contributed by atoms with van der Waals surface area (Å²) in [7, 11) is 0. The van der Waals surface area contributed by atoms with Gasteiger partial charge in [0.2, 0.25) is 0 Å². The summed E-state index contributed by atoms with van der Waals surface area (Å²) >= 11 is 7.21. The average Bonchev–Trinajstić information content (AvgIpc) is 3.07. The van der Waals surface area contributed by atoms with Crippen LogP contribution < -0.4 is 5.32 Å². The molecule has 6 nitrogen and oxygen atoms in total. The number of rotatable bonds is 6. The van der Waals surface area contributed by atoms with E-state index in [1.165, 1.54) is 30.6 Å². The van der Waals surface area contributed by atoms with Crippen LogP contribution >= 0.6 is 22.9 Å². The van der Waals surface area contributed by atoms with Crippen LogP contribution in [0.2, 0.25) is 4.34 Å². The molecule has 2 amide bonds. The van der Waals surface area contributed by atoms with E-state index in [0.717, 1.165) is 44.9 Å². The van der Waals surface area contributed by atoms with Gasteiger partial charge in [0.15, 0.2) is 5.13 Å². The molecule has 0 spiro atoms. The lowest BCUT2D eigenvalue weighted by Gasteiger charge is -2.42. The Balaban J connectivity index is 1.63. The number of hydrogen-bond acceptors (Lipinski definition) is 4. The van der Waals surface area contributed by atoms with Crippen molar-refractivity contribution >= 4 is 40.1 Å². The van der Waals surface area contributed by atoms with Crippen molar-refractivity contribution in [3.8, 4) is 0 Å². The second-order valence-corrected chi connectivity index (χ2v) is 9.37. The van der Waals surface area contributed by atoms with Gasteiger partial charge >= 0.3 is 12.0 Å². The van der Waals surface area contributed by atoms with Crippen LogP contribution in [-0.2, 0) is 4.79 Å². The maximum atomic E-state index is 13.1. The molecule has 0 saturated heterocycles. The van der Waals surface area contributed by atoms with Crippen LogP contribution in [0.15, 0.2) is 6.20 Å². The Bertz CT molecular complexity index is 640. The van der Waals surface area contributed by atoms with E-state index in [9.17, 15) is 9.59 Å². The number of aliphatic carboxylic acids is 1. The molecule has 1 heterocycles. The molecule has 2 aliphatic rings. The number of halogens is 1. The van der Waals surface area contributed by atoms with Gasteiger partial charge in [-0.2, -0.15) is 0 Å². The van der Waals surface area contributed by atoms with Gasteiger partial charge in [0.05, 0.1) is 6.20 Å².